The van der Waals surface area contributed by atoms with Crippen molar-refractivity contribution in [3.63, 3.8) is 0 Å². The van der Waals surface area contributed by atoms with E-state index in [1.807, 2.05) is 0 Å². The van der Waals surface area contributed by atoms with Crippen molar-refractivity contribution >= 4 is 35.7 Å². The maximum absolute atomic E-state index is 10.3. The van der Waals surface area contributed by atoms with E-state index in [1.54, 1.807) is 0 Å². The minimum atomic E-state index is -1.09. The molecule has 0 saturated heterocycles. The fraction of sp³-hybridized carbons (Fsp3) is 0. The molecule has 0 amide bonds. The predicted molar refractivity (Wildman–Crippen MR) is 45.5 cm³/mol. The molecule has 2 N–H and O–H groups in total. The van der Waals surface area contributed by atoms with Gasteiger partial charge < -0.3 is 10.2 Å². The molecule has 0 atom stereocenters. The molecule has 12 heavy (non-hydrogen) atoms. The third-order valence-electron chi connectivity index (χ3n) is 1.03. The van der Waals surface area contributed by atoms with Crippen LogP contribution in [0.4, 0.5) is 0 Å². The van der Waals surface area contributed by atoms with Crippen molar-refractivity contribution in [3.8, 4) is 0 Å². The van der Waals surface area contributed by atoms with Gasteiger partial charge in [0.1, 0.15) is 9.75 Å². The van der Waals surface area contributed by atoms with Crippen LogP contribution in [0.1, 0.15) is 19.3 Å². The molecule has 4 nitrogen and oxygen atoms in total. The van der Waals surface area contributed by atoms with Crippen LogP contribution in [0.2, 0.25) is 0 Å². The molecular formula is C6H5ClO4S. The van der Waals surface area contributed by atoms with E-state index in [9.17, 15) is 9.59 Å². The maximum Gasteiger partial charge on any atom is 0.345 e. The zero-order chi connectivity index (χ0) is 8.43. The molecule has 1 aromatic rings. The summed E-state index contributed by atoms with van der Waals surface area (Å²) in [5.41, 5.74) is 0. The van der Waals surface area contributed by atoms with E-state index < -0.39 is 11.9 Å². The summed E-state index contributed by atoms with van der Waals surface area (Å²) in [4.78, 5) is 20.6. The lowest BCUT2D eigenvalue weighted by Crippen LogP contribution is -1.91. The SMILES string of the molecule is Cl.O=C(O)c1ccc(C(=O)O)s1. The Morgan fingerprint density at radius 2 is 1.42 bits per heavy atom. The van der Waals surface area contributed by atoms with Crippen LogP contribution < -0.4 is 0 Å². The van der Waals surface area contributed by atoms with Gasteiger partial charge in [0.25, 0.3) is 0 Å². The van der Waals surface area contributed by atoms with Gasteiger partial charge in [0.15, 0.2) is 0 Å². The molecule has 1 heterocycles. The number of carbonyl (C=O) groups is 2. The van der Waals surface area contributed by atoms with E-state index >= 15 is 0 Å². The molecule has 0 spiro atoms. The summed E-state index contributed by atoms with van der Waals surface area (Å²) >= 11 is 0.750. The average molecular weight is 209 g/mol. The van der Waals surface area contributed by atoms with Gasteiger partial charge >= 0.3 is 11.9 Å². The van der Waals surface area contributed by atoms with Crippen LogP contribution in [0.25, 0.3) is 0 Å². The molecular weight excluding hydrogens is 204 g/mol. The molecule has 0 saturated carbocycles. The highest BCUT2D eigenvalue weighted by molar-refractivity contribution is 7.15. The van der Waals surface area contributed by atoms with E-state index in [-0.39, 0.29) is 22.2 Å². The van der Waals surface area contributed by atoms with Gasteiger partial charge in [-0.25, -0.2) is 9.59 Å². The van der Waals surface area contributed by atoms with Gasteiger partial charge in [-0.3, -0.25) is 0 Å². The summed E-state index contributed by atoms with van der Waals surface area (Å²) < 4.78 is 0. The van der Waals surface area contributed by atoms with Crippen molar-refractivity contribution in [2.75, 3.05) is 0 Å². The summed E-state index contributed by atoms with van der Waals surface area (Å²) in [6.07, 6.45) is 0. The van der Waals surface area contributed by atoms with Crippen LogP contribution in [-0.4, -0.2) is 22.2 Å². The van der Waals surface area contributed by atoms with Gasteiger partial charge in [-0.15, -0.1) is 23.7 Å². The van der Waals surface area contributed by atoms with E-state index in [4.69, 9.17) is 10.2 Å². The lowest BCUT2D eigenvalue weighted by Gasteiger charge is -1.82. The minimum absolute atomic E-state index is 0. The van der Waals surface area contributed by atoms with Crippen LogP contribution in [-0.2, 0) is 0 Å². The summed E-state index contributed by atoms with van der Waals surface area (Å²) in [6.45, 7) is 0. The van der Waals surface area contributed by atoms with Crippen molar-refractivity contribution in [3.05, 3.63) is 21.9 Å². The highest BCUT2D eigenvalue weighted by Crippen LogP contribution is 2.15. The topological polar surface area (TPSA) is 74.6 Å². The quantitative estimate of drug-likeness (QED) is 0.774. The van der Waals surface area contributed by atoms with E-state index in [2.05, 4.69) is 0 Å². The van der Waals surface area contributed by atoms with Crippen LogP contribution in [0, 0.1) is 0 Å². The Labute approximate surface area is 77.9 Å². The van der Waals surface area contributed by atoms with Gasteiger partial charge in [-0.1, -0.05) is 0 Å². The first-order chi connectivity index (χ1) is 5.11. The number of hydrogen-bond acceptors (Lipinski definition) is 3. The van der Waals surface area contributed by atoms with Gasteiger partial charge in [-0.05, 0) is 12.1 Å². The standard InChI is InChI=1S/C6H4O4S.ClH/c7-5(8)3-1-2-4(11-3)6(9)10;/h1-2H,(H,7,8)(H,9,10);1H. The van der Waals surface area contributed by atoms with Crippen molar-refractivity contribution in [2.45, 2.75) is 0 Å². The fourth-order valence-corrected chi connectivity index (χ4v) is 1.25. The second-order valence-corrected chi connectivity index (χ2v) is 2.86. The van der Waals surface area contributed by atoms with Crippen LogP contribution in [0.15, 0.2) is 12.1 Å². The predicted octanol–water partition coefficient (Wildman–Crippen LogP) is 1.57. The first-order valence-electron chi connectivity index (χ1n) is 2.67. The van der Waals surface area contributed by atoms with Crippen molar-refractivity contribution in [1.82, 2.24) is 0 Å². The Hall–Kier alpha value is -1.07. The zero-order valence-corrected chi connectivity index (χ0v) is 7.32. The molecule has 66 valence electrons. The van der Waals surface area contributed by atoms with Gasteiger partial charge in [0.2, 0.25) is 0 Å². The third-order valence-corrected chi connectivity index (χ3v) is 2.09. The van der Waals surface area contributed by atoms with E-state index in [0.717, 1.165) is 11.3 Å². The highest BCUT2D eigenvalue weighted by Gasteiger charge is 2.10. The number of aromatic carboxylic acids is 2. The van der Waals surface area contributed by atoms with Gasteiger partial charge in [0, 0.05) is 0 Å². The van der Waals surface area contributed by atoms with Crippen molar-refractivity contribution < 1.29 is 19.8 Å². The average Bonchev–Trinajstić information content (AvgIpc) is 2.33. The number of rotatable bonds is 2. The van der Waals surface area contributed by atoms with Crippen LogP contribution >= 0.6 is 23.7 Å². The van der Waals surface area contributed by atoms with Gasteiger partial charge in [-0.2, -0.15) is 0 Å². The third kappa shape index (κ3) is 2.21. The fourth-order valence-electron chi connectivity index (χ4n) is 0.568. The molecule has 0 radical (unpaired) electrons. The van der Waals surface area contributed by atoms with Crippen LogP contribution in [0.3, 0.4) is 0 Å². The second kappa shape index (κ2) is 4.08. The molecule has 0 aliphatic heterocycles. The molecule has 0 fully saturated rings. The molecule has 0 aliphatic rings. The second-order valence-electron chi connectivity index (χ2n) is 1.77. The summed E-state index contributed by atoms with van der Waals surface area (Å²) in [6, 6.07) is 2.55. The Bertz CT molecular complexity index is 278. The largest absolute Gasteiger partial charge is 0.477 e. The lowest BCUT2D eigenvalue weighted by atomic mass is 10.4. The van der Waals surface area contributed by atoms with E-state index in [0.29, 0.717) is 0 Å². The number of hydrogen-bond donors (Lipinski definition) is 2. The zero-order valence-electron chi connectivity index (χ0n) is 5.68. The minimum Gasteiger partial charge on any atom is -0.477 e. The summed E-state index contributed by atoms with van der Waals surface area (Å²) in [5.74, 6) is -2.19. The summed E-state index contributed by atoms with van der Waals surface area (Å²) in [5, 5.41) is 16.8. The number of thiophene rings is 1. The lowest BCUT2D eigenvalue weighted by molar-refractivity contribution is 0.0693. The molecule has 6 heteroatoms. The molecule has 0 unspecified atom stereocenters. The Morgan fingerprint density at radius 1 is 1.08 bits per heavy atom. The number of carboxylic acid groups (broad SMARTS) is 2. The van der Waals surface area contributed by atoms with Crippen LogP contribution in [0.5, 0.6) is 0 Å². The normalized spacial score (nSPS) is 8.67. The maximum atomic E-state index is 10.3. The Kier molecular flexibility index (Phi) is 3.72. The molecule has 0 bridgehead atoms. The highest BCUT2D eigenvalue weighted by atomic mass is 35.5. The Balaban J connectivity index is 0.00000121. The molecule has 1 rings (SSSR count). The molecule has 0 aromatic carbocycles. The first kappa shape index (κ1) is 10.9. The van der Waals surface area contributed by atoms with Gasteiger partial charge in [0.05, 0.1) is 0 Å². The van der Waals surface area contributed by atoms with Crippen molar-refractivity contribution in [2.24, 2.45) is 0 Å². The molecule has 0 aliphatic carbocycles. The number of carboxylic acids is 2. The molecule has 1 aromatic heterocycles. The first-order valence-corrected chi connectivity index (χ1v) is 3.49. The Morgan fingerprint density at radius 3 is 1.58 bits per heavy atom. The number of halogens is 1. The smallest absolute Gasteiger partial charge is 0.345 e. The summed E-state index contributed by atoms with van der Waals surface area (Å²) in [7, 11) is 0. The monoisotopic (exact) mass is 208 g/mol. The van der Waals surface area contributed by atoms with Crippen molar-refractivity contribution in [1.29, 1.82) is 0 Å². The van der Waals surface area contributed by atoms with E-state index in [1.165, 1.54) is 12.1 Å².